The SMILES string of the molecule is CCCC(=O)N[C@H](CCO)C(=O)O. The highest BCUT2D eigenvalue weighted by molar-refractivity contribution is 5.83. The Labute approximate surface area is 76.8 Å². The molecule has 0 unspecified atom stereocenters. The van der Waals surface area contributed by atoms with E-state index in [0.717, 1.165) is 0 Å². The summed E-state index contributed by atoms with van der Waals surface area (Å²) >= 11 is 0. The highest BCUT2D eigenvalue weighted by Gasteiger charge is 2.18. The molecular formula is C8H15NO4. The Bertz CT molecular complexity index is 181. The van der Waals surface area contributed by atoms with Crippen LogP contribution in [-0.4, -0.2) is 34.7 Å². The summed E-state index contributed by atoms with van der Waals surface area (Å²) in [5.74, 6) is -1.40. The molecule has 0 aromatic rings. The Morgan fingerprint density at radius 3 is 2.46 bits per heavy atom. The first-order valence-electron chi connectivity index (χ1n) is 4.24. The molecule has 0 saturated heterocycles. The second-order valence-electron chi connectivity index (χ2n) is 2.72. The minimum absolute atomic E-state index is 0.0464. The van der Waals surface area contributed by atoms with Crippen molar-refractivity contribution in [2.45, 2.75) is 32.2 Å². The molecule has 1 amide bonds. The molecule has 0 bridgehead atoms. The third-order valence-electron chi connectivity index (χ3n) is 1.53. The van der Waals surface area contributed by atoms with Crippen molar-refractivity contribution < 1.29 is 19.8 Å². The first-order chi connectivity index (χ1) is 6.11. The van der Waals surface area contributed by atoms with Crippen molar-refractivity contribution in [1.82, 2.24) is 5.32 Å². The minimum atomic E-state index is -1.11. The lowest BCUT2D eigenvalue weighted by atomic mass is 10.2. The number of aliphatic hydroxyl groups excluding tert-OH is 1. The van der Waals surface area contributed by atoms with Crippen molar-refractivity contribution >= 4 is 11.9 Å². The molecule has 0 rings (SSSR count). The van der Waals surface area contributed by atoms with E-state index in [1.165, 1.54) is 0 Å². The molecule has 0 spiro atoms. The second kappa shape index (κ2) is 6.42. The molecule has 0 radical (unpaired) electrons. The molecule has 5 heteroatoms. The van der Waals surface area contributed by atoms with Crippen molar-refractivity contribution in [3.05, 3.63) is 0 Å². The van der Waals surface area contributed by atoms with E-state index in [0.29, 0.717) is 12.8 Å². The molecule has 0 aliphatic rings. The third kappa shape index (κ3) is 5.19. The number of aliphatic carboxylic acids is 1. The van der Waals surface area contributed by atoms with Gasteiger partial charge in [-0.2, -0.15) is 0 Å². The van der Waals surface area contributed by atoms with Gasteiger partial charge >= 0.3 is 5.97 Å². The number of carbonyl (C=O) groups is 2. The Morgan fingerprint density at radius 2 is 2.08 bits per heavy atom. The smallest absolute Gasteiger partial charge is 0.326 e. The van der Waals surface area contributed by atoms with Gasteiger partial charge in [0.1, 0.15) is 6.04 Å². The van der Waals surface area contributed by atoms with Crippen molar-refractivity contribution in [2.75, 3.05) is 6.61 Å². The van der Waals surface area contributed by atoms with Crippen LogP contribution in [-0.2, 0) is 9.59 Å². The van der Waals surface area contributed by atoms with Crippen LogP contribution in [0.15, 0.2) is 0 Å². The molecule has 0 heterocycles. The van der Waals surface area contributed by atoms with Crippen molar-refractivity contribution in [3.8, 4) is 0 Å². The first-order valence-corrected chi connectivity index (χ1v) is 4.24. The van der Waals surface area contributed by atoms with Gasteiger partial charge in [0, 0.05) is 19.4 Å². The van der Waals surface area contributed by atoms with Crippen LogP contribution in [0.4, 0.5) is 0 Å². The van der Waals surface area contributed by atoms with Gasteiger partial charge in [-0.15, -0.1) is 0 Å². The maximum Gasteiger partial charge on any atom is 0.326 e. The highest BCUT2D eigenvalue weighted by atomic mass is 16.4. The summed E-state index contributed by atoms with van der Waals surface area (Å²) in [6, 6.07) is -0.968. The van der Waals surface area contributed by atoms with E-state index in [2.05, 4.69) is 5.32 Å². The lowest BCUT2D eigenvalue weighted by molar-refractivity contribution is -0.142. The molecule has 0 aromatic heterocycles. The summed E-state index contributed by atoms with van der Waals surface area (Å²) < 4.78 is 0. The lowest BCUT2D eigenvalue weighted by Gasteiger charge is -2.12. The normalized spacial score (nSPS) is 12.2. The summed E-state index contributed by atoms with van der Waals surface area (Å²) in [5, 5.41) is 19.4. The average molecular weight is 189 g/mol. The number of hydrogen-bond acceptors (Lipinski definition) is 3. The molecular weight excluding hydrogens is 174 g/mol. The molecule has 0 aliphatic carbocycles. The number of rotatable bonds is 6. The fraction of sp³-hybridized carbons (Fsp3) is 0.750. The fourth-order valence-electron chi connectivity index (χ4n) is 0.880. The number of carbonyl (C=O) groups excluding carboxylic acids is 1. The van der Waals surface area contributed by atoms with Crippen molar-refractivity contribution in [1.29, 1.82) is 0 Å². The summed E-state index contributed by atoms with van der Waals surface area (Å²) in [4.78, 5) is 21.5. The predicted molar refractivity (Wildman–Crippen MR) is 46.2 cm³/mol. The van der Waals surface area contributed by atoms with Gasteiger partial charge in [-0.25, -0.2) is 4.79 Å². The van der Waals surface area contributed by atoms with Gasteiger partial charge in [0.2, 0.25) is 5.91 Å². The zero-order chi connectivity index (χ0) is 10.3. The van der Waals surface area contributed by atoms with Gasteiger partial charge < -0.3 is 15.5 Å². The molecule has 0 aromatic carbocycles. The van der Waals surface area contributed by atoms with E-state index in [1.54, 1.807) is 0 Å². The second-order valence-corrected chi connectivity index (χ2v) is 2.72. The van der Waals surface area contributed by atoms with Crippen LogP contribution in [0, 0.1) is 0 Å². The highest BCUT2D eigenvalue weighted by Crippen LogP contribution is 1.94. The summed E-state index contributed by atoms with van der Waals surface area (Å²) in [6.07, 6.45) is 1.04. The summed E-state index contributed by atoms with van der Waals surface area (Å²) in [5.41, 5.74) is 0. The Morgan fingerprint density at radius 1 is 1.46 bits per heavy atom. The average Bonchev–Trinajstić information content (AvgIpc) is 2.04. The van der Waals surface area contributed by atoms with E-state index >= 15 is 0 Å². The van der Waals surface area contributed by atoms with E-state index in [-0.39, 0.29) is 18.9 Å². The van der Waals surface area contributed by atoms with E-state index < -0.39 is 12.0 Å². The van der Waals surface area contributed by atoms with Crippen LogP contribution in [0.1, 0.15) is 26.2 Å². The van der Waals surface area contributed by atoms with Crippen LogP contribution in [0.25, 0.3) is 0 Å². The van der Waals surface area contributed by atoms with Crippen molar-refractivity contribution in [3.63, 3.8) is 0 Å². The first kappa shape index (κ1) is 11.9. The van der Waals surface area contributed by atoms with Crippen LogP contribution in [0.5, 0.6) is 0 Å². The molecule has 3 N–H and O–H groups in total. The molecule has 1 atom stereocenters. The number of hydrogen-bond donors (Lipinski definition) is 3. The minimum Gasteiger partial charge on any atom is -0.480 e. The fourth-order valence-corrected chi connectivity index (χ4v) is 0.880. The Balaban J connectivity index is 3.94. The number of carboxylic acids is 1. The predicted octanol–water partition coefficient (Wildman–Crippen LogP) is -0.262. The zero-order valence-electron chi connectivity index (χ0n) is 7.62. The number of amides is 1. The van der Waals surface area contributed by atoms with E-state index in [9.17, 15) is 9.59 Å². The van der Waals surface area contributed by atoms with Gasteiger partial charge in [0.15, 0.2) is 0 Å². The number of carboxylic acid groups (broad SMARTS) is 1. The molecule has 0 fully saturated rings. The van der Waals surface area contributed by atoms with Crippen molar-refractivity contribution in [2.24, 2.45) is 0 Å². The Kier molecular flexibility index (Phi) is 5.88. The third-order valence-corrected chi connectivity index (χ3v) is 1.53. The van der Waals surface area contributed by atoms with Gasteiger partial charge in [-0.1, -0.05) is 6.92 Å². The summed E-state index contributed by atoms with van der Waals surface area (Å²) in [6.45, 7) is 1.59. The monoisotopic (exact) mass is 189 g/mol. The van der Waals surface area contributed by atoms with E-state index in [1.807, 2.05) is 6.92 Å². The number of aliphatic hydroxyl groups is 1. The zero-order valence-corrected chi connectivity index (χ0v) is 7.62. The molecule has 0 aliphatic heterocycles. The summed E-state index contributed by atoms with van der Waals surface area (Å²) in [7, 11) is 0. The topological polar surface area (TPSA) is 86.6 Å². The van der Waals surface area contributed by atoms with Gasteiger partial charge in [0.25, 0.3) is 0 Å². The Hall–Kier alpha value is -1.10. The largest absolute Gasteiger partial charge is 0.480 e. The molecule has 13 heavy (non-hydrogen) atoms. The van der Waals surface area contributed by atoms with Gasteiger partial charge in [-0.3, -0.25) is 4.79 Å². The maximum atomic E-state index is 11.0. The maximum absolute atomic E-state index is 11.0. The van der Waals surface area contributed by atoms with Gasteiger partial charge in [0.05, 0.1) is 0 Å². The quantitative estimate of drug-likeness (QED) is 0.537. The van der Waals surface area contributed by atoms with Crippen LogP contribution in [0.2, 0.25) is 0 Å². The van der Waals surface area contributed by atoms with E-state index in [4.69, 9.17) is 10.2 Å². The lowest BCUT2D eigenvalue weighted by Crippen LogP contribution is -2.41. The van der Waals surface area contributed by atoms with Crippen LogP contribution < -0.4 is 5.32 Å². The molecule has 0 saturated carbocycles. The van der Waals surface area contributed by atoms with Gasteiger partial charge in [-0.05, 0) is 6.42 Å². The number of nitrogens with one attached hydrogen (secondary N) is 1. The molecule has 5 nitrogen and oxygen atoms in total. The van der Waals surface area contributed by atoms with Crippen LogP contribution in [0.3, 0.4) is 0 Å². The molecule has 76 valence electrons. The standard InChI is InChI=1S/C8H15NO4/c1-2-3-7(11)9-6(4-5-10)8(12)13/h6,10H,2-5H2,1H3,(H,9,11)(H,12,13)/t6-/m1/s1. The van der Waals surface area contributed by atoms with Crippen LogP contribution >= 0.6 is 0 Å².